The molecule has 0 spiro atoms. The summed E-state index contributed by atoms with van der Waals surface area (Å²) in [6.07, 6.45) is 5.32. The first kappa shape index (κ1) is 16.0. The Balaban J connectivity index is 1.38. The maximum Gasteiger partial charge on any atom is 0.231 e. The molecule has 0 bridgehead atoms. The summed E-state index contributed by atoms with van der Waals surface area (Å²) in [6.45, 7) is 2.93. The highest BCUT2D eigenvalue weighted by Gasteiger charge is 2.16. The van der Waals surface area contributed by atoms with Crippen molar-refractivity contribution in [2.24, 2.45) is 0 Å². The van der Waals surface area contributed by atoms with E-state index in [2.05, 4.69) is 10.3 Å². The highest BCUT2D eigenvalue weighted by molar-refractivity contribution is 7.19. The molecule has 27 heavy (non-hydrogen) atoms. The first-order valence-electron chi connectivity index (χ1n) is 8.45. The quantitative estimate of drug-likeness (QED) is 0.558. The van der Waals surface area contributed by atoms with E-state index >= 15 is 0 Å². The Hall–Kier alpha value is -3.26. The molecule has 1 aromatic carbocycles. The summed E-state index contributed by atoms with van der Waals surface area (Å²) in [7, 11) is 0. The van der Waals surface area contributed by atoms with Gasteiger partial charge in [0, 0.05) is 24.4 Å². The zero-order valence-corrected chi connectivity index (χ0v) is 15.3. The smallest absolute Gasteiger partial charge is 0.231 e. The van der Waals surface area contributed by atoms with Crippen LogP contribution in [-0.2, 0) is 6.54 Å². The van der Waals surface area contributed by atoms with Crippen LogP contribution in [-0.4, -0.2) is 21.6 Å². The number of hydrogen-bond acceptors (Lipinski definition) is 7. The number of ether oxygens (including phenoxy) is 2. The summed E-state index contributed by atoms with van der Waals surface area (Å²) >= 11 is 1.59. The lowest BCUT2D eigenvalue weighted by molar-refractivity contribution is 0.174. The summed E-state index contributed by atoms with van der Waals surface area (Å²) in [5.41, 5.74) is 3.84. The van der Waals surface area contributed by atoms with E-state index in [0.29, 0.717) is 6.54 Å². The van der Waals surface area contributed by atoms with Crippen molar-refractivity contribution in [2.75, 3.05) is 12.1 Å². The van der Waals surface area contributed by atoms with Gasteiger partial charge in [-0.2, -0.15) is 5.10 Å². The van der Waals surface area contributed by atoms with Crippen LogP contribution < -0.4 is 14.8 Å². The van der Waals surface area contributed by atoms with Crippen LogP contribution in [0.25, 0.3) is 16.3 Å². The maximum absolute atomic E-state index is 5.45. The molecule has 136 valence electrons. The molecule has 8 heteroatoms. The molecule has 0 saturated carbocycles. The number of aryl methyl sites for hydroxylation is 1. The lowest BCUT2D eigenvalue weighted by Gasteiger charge is -2.02. The number of nitrogens with one attached hydrogen (secondary N) is 1. The van der Waals surface area contributed by atoms with Gasteiger partial charge in [-0.3, -0.25) is 0 Å². The summed E-state index contributed by atoms with van der Waals surface area (Å²) in [5, 5.41) is 8.90. The Kier molecular flexibility index (Phi) is 3.83. The van der Waals surface area contributed by atoms with Crippen molar-refractivity contribution in [3.63, 3.8) is 0 Å². The van der Waals surface area contributed by atoms with E-state index in [1.165, 1.54) is 0 Å². The fourth-order valence-electron chi connectivity index (χ4n) is 2.90. The Morgan fingerprint density at radius 1 is 1.19 bits per heavy atom. The van der Waals surface area contributed by atoms with Gasteiger partial charge < -0.3 is 19.2 Å². The molecule has 0 saturated heterocycles. The van der Waals surface area contributed by atoms with E-state index in [-0.39, 0.29) is 6.79 Å². The fraction of sp³-hybridized carbons (Fsp3) is 0.158. The SMILES string of the molecule is Cc1nc(NCc2ccoc2)sc1-c1ccn(-c2ccc3c(c2)OCO3)n1. The molecule has 0 aliphatic carbocycles. The summed E-state index contributed by atoms with van der Waals surface area (Å²) in [6, 6.07) is 9.71. The lowest BCUT2D eigenvalue weighted by Crippen LogP contribution is -1.97. The minimum atomic E-state index is 0.262. The summed E-state index contributed by atoms with van der Waals surface area (Å²) in [5.74, 6) is 1.50. The van der Waals surface area contributed by atoms with Crippen molar-refractivity contribution >= 4 is 16.5 Å². The van der Waals surface area contributed by atoms with Crippen LogP contribution >= 0.6 is 11.3 Å². The molecular weight excluding hydrogens is 364 g/mol. The molecular formula is C19H16N4O3S. The predicted molar refractivity (Wildman–Crippen MR) is 102 cm³/mol. The van der Waals surface area contributed by atoms with Gasteiger partial charge in [0.25, 0.3) is 0 Å². The van der Waals surface area contributed by atoms with E-state index in [9.17, 15) is 0 Å². The van der Waals surface area contributed by atoms with E-state index < -0.39 is 0 Å². The van der Waals surface area contributed by atoms with Crippen LogP contribution in [0.3, 0.4) is 0 Å². The molecule has 0 atom stereocenters. The van der Waals surface area contributed by atoms with Crippen LogP contribution in [0.4, 0.5) is 5.13 Å². The Morgan fingerprint density at radius 2 is 2.11 bits per heavy atom. The van der Waals surface area contributed by atoms with Crippen molar-refractivity contribution < 1.29 is 13.9 Å². The Bertz CT molecular complexity index is 1080. The second kappa shape index (κ2) is 6.48. The zero-order valence-electron chi connectivity index (χ0n) is 14.5. The number of benzene rings is 1. The Morgan fingerprint density at radius 3 is 3.00 bits per heavy atom. The van der Waals surface area contributed by atoms with Crippen molar-refractivity contribution in [1.82, 2.24) is 14.8 Å². The topological polar surface area (TPSA) is 74.3 Å². The van der Waals surface area contributed by atoms with Gasteiger partial charge in [0.1, 0.15) is 5.69 Å². The van der Waals surface area contributed by atoms with Crippen molar-refractivity contribution in [3.8, 4) is 27.8 Å². The molecule has 1 aliphatic heterocycles. The minimum Gasteiger partial charge on any atom is -0.472 e. The van der Waals surface area contributed by atoms with Gasteiger partial charge in [0.05, 0.1) is 28.8 Å². The monoisotopic (exact) mass is 380 g/mol. The maximum atomic E-state index is 5.45. The molecule has 0 fully saturated rings. The molecule has 7 nitrogen and oxygen atoms in total. The van der Waals surface area contributed by atoms with E-state index in [1.807, 2.05) is 48.1 Å². The number of nitrogens with zero attached hydrogens (tertiary/aromatic N) is 3. The molecule has 4 heterocycles. The van der Waals surface area contributed by atoms with Crippen LogP contribution in [0, 0.1) is 6.92 Å². The first-order chi connectivity index (χ1) is 13.3. The number of hydrogen-bond donors (Lipinski definition) is 1. The van der Waals surface area contributed by atoms with Crippen molar-refractivity contribution in [2.45, 2.75) is 13.5 Å². The zero-order chi connectivity index (χ0) is 18.2. The third kappa shape index (κ3) is 3.04. The van der Waals surface area contributed by atoms with Gasteiger partial charge in [-0.05, 0) is 31.2 Å². The van der Waals surface area contributed by atoms with Crippen LogP contribution in [0.1, 0.15) is 11.3 Å². The molecule has 0 unspecified atom stereocenters. The van der Waals surface area contributed by atoms with Crippen LogP contribution in [0.2, 0.25) is 0 Å². The van der Waals surface area contributed by atoms with Gasteiger partial charge in [-0.1, -0.05) is 11.3 Å². The normalized spacial score (nSPS) is 12.5. The van der Waals surface area contributed by atoms with E-state index in [1.54, 1.807) is 23.9 Å². The number of anilines is 1. The van der Waals surface area contributed by atoms with Crippen LogP contribution in [0.15, 0.2) is 53.5 Å². The number of aromatic nitrogens is 3. The average molecular weight is 380 g/mol. The Labute approximate surface area is 159 Å². The van der Waals surface area contributed by atoms with E-state index in [0.717, 1.165) is 44.1 Å². The third-order valence-corrected chi connectivity index (χ3v) is 5.40. The number of fused-ring (bicyclic) bond motifs is 1. The number of thiazole rings is 1. The highest BCUT2D eigenvalue weighted by Crippen LogP contribution is 2.35. The second-order valence-corrected chi connectivity index (χ2v) is 7.10. The van der Waals surface area contributed by atoms with Crippen molar-refractivity contribution in [3.05, 3.63) is 60.3 Å². The molecule has 3 aromatic heterocycles. The molecule has 0 radical (unpaired) electrons. The molecule has 1 aliphatic rings. The average Bonchev–Trinajstić information content (AvgIpc) is 3.45. The standard InChI is InChI=1S/C19H16N4O3S/c1-12-18(27-19(21-12)20-9-13-5-7-24-10-13)15-4-6-23(22-15)14-2-3-16-17(8-14)26-11-25-16/h2-8,10H,9,11H2,1H3,(H,20,21). The number of rotatable bonds is 5. The molecule has 0 amide bonds. The minimum absolute atomic E-state index is 0.262. The lowest BCUT2D eigenvalue weighted by atomic mass is 10.3. The highest BCUT2D eigenvalue weighted by atomic mass is 32.1. The van der Waals surface area contributed by atoms with Gasteiger partial charge in [0.2, 0.25) is 6.79 Å². The predicted octanol–water partition coefficient (Wildman–Crippen LogP) is 4.24. The third-order valence-electron chi connectivity index (χ3n) is 4.26. The molecule has 5 rings (SSSR count). The van der Waals surface area contributed by atoms with Crippen LogP contribution in [0.5, 0.6) is 11.5 Å². The fourth-order valence-corrected chi connectivity index (χ4v) is 3.82. The summed E-state index contributed by atoms with van der Waals surface area (Å²) < 4.78 is 17.7. The summed E-state index contributed by atoms with van der Waals surface area (Å²) in [4.78, 5) is 5.65. The first-order valence-corrected chi connectivity index (χ1v) is 9.26. The second-order valence-electron chi connectivity index (χ2n) is 6.10. The largest absolute Gasteiger partial charge is 0.472 e. The van der Waals surface area contributed by atoms with Gasteiger partial charge in [-0.15, -0.1) is 0 Å². The molecule has 1 N–H and O–H groups in total. The molecule has 4 aromatic rings. The van der Waals surface area contributed by atoms with Gasteiger partial charge in [-0.25, -0.2) is 9.67 Å². The van der Waals surface area contributed by atoms with Gasteiger partial charge >= 0.3 is 0 Å². The van der Waals surface area contributed by atoms with E-state index in [4.69, 9.17) is 19.0 Å². The number of furan rings is 1. The van der Waals surface area contributed by atoms with Crippen molar-refractivity contribution in [1.29, 1.82) is 0 Å². The van der Waals surface area contributed by atoms with Gasteiger partial charge in [0.15, 0.2) is 16.6 Å².